The van der Waals surface area contributed by atoms with E-state index in [1.54, 1.807) is 12.4 Å². The second kappa shape index (κ2) is 9.77. The summed E-state index contributed by atoms with van der Waals surface area (Å²) in [4.78, 5) is 36.9. The van der Waals surface area contributed by atoms with E-state index >= 15 is 0 Å². The fraction of sp³-hybridized carbons (Fsp3) is 0.520. The molecule has 3 heterocycles. The molecule has 32 heavy (non-hydrogen) atoms. The molecule has 2 fully saturated rings. The Hall–Kier alpha value is -2.80. The molecule has 0 bridgehead atoms. The van der Waals surface area contributed by atoms with Crippen molar-refractivity contribution in [3.05, 3.63) is 48.5 Å². The minimum atomic E-state index is -0.692. The zero-order chi connectivity index (χ0) is 22.6. The number of ether oxygens (including phenoxy) is 1. The molecule has 2 atom stereocenters. The van der Waals surface area contributed by atoms with E-state index in [1.807, 2.05) is 36.9 Å². The van der Waals surface area contributed by atoms with Gasteiger partial charge in [-0.25, -0.2) is 9.97 Å². The molecule has 7 nitrogen and oxygen atoms in total. The molecule has 0 saturated carbocycles. The monoisotopic (exact) mass is 436 g/mol. The summed E-state index contributed by atoms with van der Waals surface area (Å²) in [5.74, 6) is 0.0325. The molecule has 2 aromatic rings. The Morgan fingerprint density at radius 2 is 2.00 bits per heavy atom. The number of nitrogens with one attached hydrogen (secondary N) is 1. The molecule has 1 aromatic carbocycles. The van der Waals surface area contributed by atoms with E-state index in [0.717, 1.165) is 42.4 Å². The average molecular weight is 437 g/mol. The maximum absolute atomic E-state index is 13.6. The molecule has 0 unspecified atom stereocenters. The first-order chi connectivity index (χ1) is 15.5. The molecule has 0 radical (unpaired) electrons. The van der Waals surface area contributed by atoms with E-state index < -0.39 is 5.41 Å². The first-order valence-electron chi connectivity index (χ1n) is 11.5. The quantitative estimate of drug-likeness (QED) is 0.753. The lowest BCUT2D eigenvalue weighted by Crippen LogP contribution is -2.56. The number of nitrogens with zero attached hydrogens (tertiary/aromatic N) is 3. The molecule has 2 amide bonds. The van der Waals surface area contributed by atoms with Crippen LogP contribution in [-0.2, 0) is 20.7 Å². The second-order valence-corrected chi connectivity index (χ2v) is 9.23. The van der Waals surface area contributed by atoms with Crippen molar-refractivity contribution in [3.63, 3.8) is 0 Å². The number of hydrogen-bond acceptors (Lipinski definition) is 5. The summed E-state index contributed by atoms with van der Waals surface area (Å²) in [5, 5.41) is 3.13. The van der Waals surface area contributed by atoms with Gasteiger partial charge < -0.3 is 15.0 Å². The second-order valence-electron chi connectivity index (χ2n) is 9.23. The Balaban J connectivity index is 1.66. The SMILES string of the molecule is CC(C)NC(=O)[C@@]1(Cc2ccccc2-c2cncnc2)CCCN(C(=O)[C@@H]2CCCO2)C1. The highest BCUT2D eigenvalue weighted by Gasteiger charge is 2.45. The van der Waals surface area contributed by atoms with Crippen molar-refractivity contribution in [2.45, 2.75) is 58.1 Å². The van der Waals surface area contributed by atoms with Crippen LogP contribution in [-0.4, -0.2) is 58.5 Å². The van der Waals surface area contributed by atoms with Crippen LogP contribution in [0.5, 0.6) is 0 Å². The normalized spacial score (nSPS) is 23.3. The number of benzene rings is 1. The fourth-order valence-electron chi connectivity index (χ4n) is 4.88. The van der Waals surface area contributed by atoms with E-state index in [4.69, 9.17) is 4.74 Å². The van der Waals surface area contributed by atoms with Gasteiger partial charge in [0, 0.05) is 43.7 Å². The summed E-state index contributed by atoms with van der Waals surface area (Å²) in [7, 11) is 0. The summed E-state index contributed by atoms with van der Waals surface area (Å²) < 4.78 is 5.65. The van der Waals surface area contributed by atoms with Gasteiger partial charge in [-0.2, -0.15) is 0 Å². The van der Waals surface area contributed by atoms with Crippen molar-refractivity contribution in [1.82, 2.24) is 20.2 Å². The van der Waals surface area contributed by atoms with E-state index in [-0.39, 0.29) is 24.0 Å². The van der Waals surface area contributed by atoms with Crippen LogP contribution >= 0.6 is 0 Å². The molecule has 0 aliphatic carbocycles. The third kappa shape index (κ3) is 4.83. The van der Waals surface area contributed by atoms with Crippen LogP contribution in [0, 0.1) is 5.41 Å². The Bertz CT molecular complexity index is 943. The molecule has 0 spiro atoms. The minimum absolute atomic E-state index is 0.0106. The van der Waals surface area contributed by atoms with Gasteiger partial charge in [-0.1, -0.05) is 24.3 Å². The Kier molecular flexibility index (Phi) is 6.84. The summed E-state index contributed by atoms with van der Waals surface area (Å²) in [6.45, 7) is 5.65. The number of amides is 2. The summed E-state index contributed by atoms with van der Waals surface area (Å²) in [6, 6.07) is 8.12. The predicted octanol–water partition coefficient (Wildman–Crippen LogP) is 3.00. The van der Waals surface area contributed by atoms with E-state index in [0.29, 0.717) is 26.1 Å². The highest BCUT2D eigenvalue weighted by molar-refractivity contribution is 5.86. The zero-order valence-electron chi connectivity index (χ0n) is 18.9. The first-order valence-corrected chi connectivity index (χ1v) is 11.5. The van der Waals surface area contributed by atoms with Crippen LogP contribution < -0.4 is 5.32 Å². The van der Waals surface area contributed by atoms with Crippen LogP contribution in [0.4, 0.5) is 0 Å². The molecular formula is C25H32N4O3. The highest BCUT2D eigenvalue weighted by atomic mass is 16.5. The molecule has 1 N–H and O–H groups in total. The lowest BCUT2D eigenvalue weighted by molar-refractivity contribution is -0.148. The van der Waals surface area contributed by atoms with Gasteiger partial charge in [-0.05, 0) is 57.1 Å². The molecule has 170 valence electrons. The standard InChI is InChI=1S/C25H32N4O3/c1-18(2)28-24(31)25(10-6-11-29(16-25)23(30)22-9-5-12-32-22)13-19-7-3-4-8-21(19)20-14-26-17-27-15-20/h3-4,7-8,14-15,17-18,22H,5-6,9-13,16H2,1-2H3,(H,28,31)/t22-,25+/m0/s1. The Morgan fingerprint density at radius 1 is 1.22 bits per heavy atom. The zero-order valence-corrected chi connectivity index (χ0v) is 18.9. The predicted molar refractivity (Wildman–Crippen MR) is 122 cm³/mol. The summed E-state index contributed by atoms with van der Waals surface area (Å²) in [6.07, 6.45) is 8.48. The van der Waals surface area contributed by atoms with E-state index in [2.05, 4.69) is 21.4 Å². The number of carbonyl (C=O) groups is 2. The van der Waals surface area contributed by atoms with Crippen LogP contribution in [0.2, 0.25) is 0 Å². The maximum atomic E-state index is 13.6. The van der Waals surface area contributed by atoms with Crippen LogP contribution in [0.1, 0.15) is 45.1 Å². The molecule has 2 aliphatic rings. The van der Waals surface area contributed by atoms with Gasteiger partial charge in [0.15, 0.2) is 0 Å². The van der Waals surface area contributed by atoms with Crippen molar-refractivity contribution in [3.8, 4) is 11.1 Å². The van der Waals surface area contributed by atoms with E-state index in [1.165, 1.54) is 6.33 Å². The topological polar surface area (TPSA) is 84.4 Å². The van der Waals surface area contributed by atoms with Crippen LogP contribution in [0.15, 0.2) is 43.0 Å². The van der Waals surface area contributed by atoms with Gasteiger partial charge in [0.2, 0.25) is 5.91 Å². The molecule has 2 aliphatic heterocycles. The number of carbonyl (C=O) groups excluding carboxylic acids is 2. The third-order valence-electron chi connectivity index (χ3n) is 6.41. The lowest BCUT2D eigenvalue weighted by atomic mass is 9.73. The van der Waals surface area contributed by atoms with Gasteiger partial charge in [-0.15, -0.1) is 0 Å². The molecule has 4 rings (SSSR count). The van der Waals surface area contributed by atoms with Crippen LogP contribution in [0.25, 0.3) is 11.1 Å². The van der Waals surface area contributed by atoms with Gasteiger partial charge in [0.05, 0.1) is 5.41 Å². The smallest absolute Gasteiger partial charge is 0.251 e. The van der Waals surface area contributed by atoms with Crippen molar-refractivity contribution in [2.75, 3.05) is 19.7 Å². The fourth-order valence-corrected chi connectivity index (χ4v) is 4.88. The summed E-state index contributed by atoms with van der Waals surface area (Å²) in [5.41, 5.74) is 2.31. The van der Waals surface area contributed by atoms with E-state index in [9.17, 15) is 9.59 Å². The number of likely N-dealkylation sites (tertiary alicyclic amines) is 1. The lowest BCUT2D eigenvalue weighted by Gasteiger charge is -2.43. The third-order valence-corrected chi connectivity index (χ3v) is 6.41. The molecule has 7 heteroatoms. The Morgan fingerprint density at radius 3 is 2.72 bits per heavy atom. The highest BCUT2D eigenvalue weighted by Crippen LogP contribution is 2.37. The van der Waals surface area contributed by atoms with Gasteiger partial charge in [-0.3, -0.25) is 9.59 Å². The number of rotatable bonds is 6. The number of hydrogen-bond donors (Lipinski definition) is 1. The van der Waals surface area contributed by atoms with Gasteiger partial charge >= 0.3 is 0 Å². The van der Waals surface area contributed by atoms with Crippen molar-refractivity contribution < 1.29 is 14.3 Å². The average Bonchev–Trinajstić information content (AvgIpc) is 3.34. The summed E-state index contributed by atoms with van der Waals surface area (Å²) >= 11 is 0. The van der Waals surface area contributed by atoms with Crippen molar-refractivity contribution >= 4 is 11.8 Å². The molecule has 2 saturated heterocycles. The van der Waals surface area contributed by atoms with Crippen LogP contribution in [0.3, 0.4) is 0 Å². The largest absolute Gasteiger partial charge is 0.368 e. The van der Waals surface area contributed by atoms with Gasteiger partial charge in [0.1, 0.15) is 12.4 Å². The molecular weight excluding hydrogens is 404 g/mol. The van der Waals surface area contributed by atoms with Crippen molar-refractivity contribution in [2.24, 2.45) is 5.41 Å². The maximum Gasteiger partial charge on any atom is 0.251 e. The van der Waals surface area contributed by atoms with Gasteiger partial charge in [0.25, 0.3) is 5.91 Å². The first kappa shape index (κ1) is 22.4. The number of piperidine rings is 1. The number of aromatic nitrogens is 2. The minimum Gasteiger partial charge on any atom is -0.368 e. The Labute approximate surface area is 189 Å². The van der Waals surface area contributed by atoms with Crippen molar-refractivity contribution in [1.29, 1.82) is 0 Å². The molecule has 1 aromatic heterocycles.